The smallest absolute Gasteiger partial charge is 0.325 e. The molecule has 0 bridgehead atoms. The Kier molecular flexibility index (Phi) is 5.69. The monoisotopic (exact) mass is 376 g/mol. The molecule has 1 aromatic heterocycles. The van der Waals surface area contributed by atoms with Crippen LogP contribution < -0.4 is 20.1 Å². The second kappa shape index (κ2) is 8.34. The predicted octanol–water partition coefficient (Wildman–Crippen LogP) is 1.43. The van der Waals surface area contributed by atoms with Crippen molar-refractivity contribution in [3.63, 3.8) is 0 Å². The number of carbonyl (C=O) groups is 3. The fraction of sp³-hybridized carbons (Fsp3) is 0.235. The van der Waals surface area contributed by atoms with Crippen LogP contribution >= 0.6 is 11.3 Å². The van der Waals surface area contributed by atoms with E-state index in [-0.39, 0.29) is 12.5 Å². The van der Waals surface area contributed by atoms with Gasteiger partial charge in [-0.15, -0.1) is 11.3 Å². The quantitative estimate of drug-likeness (QED) is 0.740. The molecular formula is C17H16N2O6S. The van der Waals surface area contributed by atoms with E-state index in [9.17, 15) is 14.4 Å². The molecule has 8 nitrogen and oxygen atoms in total. The zero-order valence-corrected chi connectivity index (χ0v) is 14.5. The molecule has 1 aromatic carbocycles. The number of rotatable bonds is 6. The van der Waals surface area contributed by atoms with Gasteiger partial charge in [-0.1, -0.05) is 6.07 Å². The van der Waals surface area contributed by atoms with Gasteiger partial charge in [0.25, 0.3) is 11.8 Å². The molecule has 0 saturated heterocycles. The minimum absolute atomic E-state index is 0.311. The van der Waals surface area contributed by atoms with Gasteiger partial charge in [-0.2, -0.15) is 0 Å². The van der Waals surface area contributed by atoms with Crippen molar-refractivity contribution in [2.24, 2.45) is 0 Å². The van der Waals surface area contributed by atoms with Crippen LogP contribution in [0.5, 0.6) is 11.5 Å². The van der Waals surface area contributed by atoms with Crippen molar-refractivity contribution in [2.45, 2.75) is 0 Å². The topological polar surface area (TPSA) is 103 Å². The molecular weight excluding hydrogens is 360 g/mol. The highest BCUT2D eigenvalue weighted by atomic mass is 32.1. The second-order valence-electron chi connectivity index (χ2n) is 5.23. The number of amides is 2. The van der Waals surface area contributed by atoms with Crippen molar-refractivity contribution >= 4 is 34.8 Å². The van der Waals surface area contributed by atoms with E-state index in [4.69, 9.17) is 14.2 Å². The summed E-state index contributed by atoms with van der Waals surface area (Å²) < 4.78 is 15.7. The summed E-state index contributed by atoms with van der Waals surface area (Å²) in [5, 5.41) is 6.78. The Balaban J connectivity index is 1.41. The normalized spacial score (nSPS) is 12.2. The molecule has 0 saturated carbocycles. The number of hydrogen-bond donors (Lipinski definition) is 2. The first-order valence-corrected chi connectivity index (χ1v) is 8.66. The van der Waals surface area contributed by atoms with E-state index in [0.29, 0.717) is 35.3 Å². The SMILES string of the molecule is O=C(COC(=O)CNC(=O)c1cccs1)Nc1ccc2c(c1)OCCO2. The zero-order valence-electron chi connectivity index (χ0n) is 13.7. The highest BCUT2D eigenvalue weighted by Crippen LogP contribution is 2.32. The summed E-state index contributed by atoms with van der Waals surface area (Å²) in [6.07, 6.45) is 0. The molecule has 9 heteroatoms. The van der Waals surface area contributed by atoms with Crippen LogP contribution in [0, 0.1) is 0 Å². The molecule has 2 aromatic rings. The number of thiophene rings is 1. The molecule has 0 aliphatic carbocycles. The van der Waals surface area contributed by atoms with Crippen LogP contribution in [0.25, 0.3) is 0 Å². The molecule has 0 unspecified atom stereocenters. The molecule has 1 aliphatic heterocycles. The van der Waals surface area contributed by atoms with Crippen LogP contribution in [-0.2, 0) is 14.3 Å². The zero-order chi connectivity index (χ0) is 18.4. The number of ether oxygens (including phenoxy) is 3. The van der Waals surface area contributed by atoms with Crippen LogP contribution in [0.3, 0.4) is 0 Å². The Bertz CT molecular complexity index is 806. The van der Waals surface area contributed by atoms with Gasteiger partial charge in [0.2, 0.25) is 0 Å². The molecule has 2 amide bonds. The van der Waals surface area contributed by atoms with E-state index < -0.39 is 18.5 Å². The Morgan fingerprint density at radius 2 is 1.92 bits per heavy atom. The third-order valence-corrected chi connectivity index (χ3v) is 4.20. The van der Waals surface area contributed by atoms with Gasteiger partial charge in [0.15, 0.2) is 18.1 Å². The van der Waals surface area contributed by atoms with Crippen LogP contribution in [-0.4, -0.2) is 44.1 Å². The lowest BCUT2D eigenvalue weighted by Crippen LogP contribution is -2.31. The predicted molar refractivity (Wildman–Crippen MR) is 93.7 cm³/mol. The van der Waals surface area contributed by atoms with Gasteiger partial charge in [-0.05, 0) is 23.6 Å². The Labute approximate surface area is 153 Å². The average molecular weight is 376 g/mol. The molecule has 2 N–H and O–H groups in total. The van der Waals surface area contributed by atoms with E-state index in [1.54, 1.807) is 35.7 Å². The van der Waals surface area contributed by atoms with Crippen molar-refractivity contribution in [3.8, 4) is 11.5 Å². The Morgan fingerprint density at radius 3 is 2.69 bits per heavy atom. The number of nitrogens with one attached hydrogen (secondary N) is 2. The maximum atomic E-state index is 11.9. The summed E-state index contributed by atoms with van der Waals surface area (Å²) in [7, 11) is 0. The lowest BCUT2D eigenvalue weighted by Gasteiger charge is -2.19. The molecule has 0 fully saturated rings. The standard InChI is InChI=1S/C17H16N2O6S/c20-15(19-11-3-4-12-13(8-11)24-6-5-23-12)10-25-16(21)9-18-17(22)14-2-1-7-26-14/h1-4,7-8H,5-6,9-10H2,(H,18,22)(H,19,20). The maximum Gasteiger partial charge on any atom is 0.325 e. The molecule has 2 heterocycles. The summed E-state index contributed by atoms with van der Waals surface area (Å²) >= 11 is 1.26. The molecule has 136 valence electrons. The third kappa shape index (κ3) is 4.73. The summed E-state index contributed by atoms with van der Waals surface area (Å²) in [5.41, 5.74) is 0.501. The highest BCUT2D eigenvalue weighted by molar-refractivity contribution is 7.12. The fourth-order valence-electron chi connectivity index (χ4n) is 2.16. The third-order valence-electron chi connectivity index (χ3n) is 3.33. The van der Waals surface area contributed by atoms with Gasteiger partial charge < -0.3 is 24.8 Å². The number of anilines is 1. The largest absolute Gasteiger partial charge is 0.486 e. The summed E-state index contributed by atoms with van der Waals surface area (Å²) in [6.45, 7) is 0.160. The Morgan fingerprint density at radius 1 is 1.12 bits per heavy atom. The average Bonchev–Trinajstić information content (AvgIpc) is 3.19. The number of benzene rings is 1. The molecule has 3 rings (SSSR count). The molecule has 1 aliphatic rings. The minimum atomic E-state index is -0.702. The van der Waals surface area contributed by atoms with Gasteiger partial charge in [0.1, 0.15) is 19.8 Å². The number of fused-ring (bicyclic) bond motifs is 1. The van der Waals surface area contributed by atoms with Crippen LogP contribution in [0.2, 0.25) is 0 Å². The molecule has 0 spiro atoms. The van der Waals surface area contributed by atoms with Gasteiger partial charge in [-0.25, -0.2) is 0 Å². The lowest BCUT2D eigenvalue weighted by atomic mass is 10.2. The van der Waals surface area contributed by atoms with E-state index in [1.165, 1.54) is 11.3 Å². The fourth-order valence-corrected chi connectivity index (χ4v) is 2.80. The van der Waals surface area contributed by atoms with Gasteiger partial charge in [0.05, 0.1) is 4.88 Å². The van der Waals surface area contributed by atoms with Crippen molar-refractivity contribution in [3.05, 3.63) is 40.6 Å². The van der Waals surface area contributed by atoms with Crippen molar-refractivity contribution in [1.82, 2.24) is 5.32 Å². The number of esters is 1. The van der Waals surface area contributed by atoms with Crippen molar-refractivity contribution in [1.29, 1.82) is 0 Å². The minimum Gasteiger partial charge on any atom is -0.486 e. The summed E-state index contributed by atoms with van der Waals surface area (Å²) in [5.74, 6) is -0.408. The first-order chi connectivity index (χ1) is 12.6. The van der Waals surface area contributed by atoms with E-state index >= 15 is 0 Å². The number of hydrogen-bond acceptors (Lipinski definition) is 7. The van der Waals surface area contributed by atoms with Gasteiger partial charge in [-0.3, -0.25) is 14.4 Å². The highest BCUT2D eigenvalue weighted by Gasteiger charge is 2.14. The first kappa shape index (κ1) is 17.7. The molecule has 26 heavy (non-hydrogen) atoms. The van der Waals surface area contributed by atoms with E-state index in [1.807, 2.05) is 0 Å². The van der Waals surface area contributed by atoms with Gasteiger partial charge in [0, 0.05) is 11.8 Å². The summed E-state index contributed by atoms with van der Waals surface area (Å²) in [4.78, 5) is 35.7. The first-order valence-electron chi connectivity index (χ1n) is 7.78. The lowest BCUT2D eigenvalue weighted by molar-refractivity contribution is -0.146. The van der Waals surface area contributed by atoms with Crippen LogP contribution in [0.1, 0.15) is 9.67 Å². The van der Waals surface area contributed by atoms with Crippen LogP contribution in [0.4, 0.5) is 5.69 Å². The van der Waals surface area contributed by atoms with Crippen molar-refractivity contribution < 1.29 is 28.6 Å². The number of carbonyl (C=O) groups excluding carboxylic acids is 3. The van der Waals surface area contributed by atoms with Crippen molar-refractivity contribution in [2.75, 3.05) is 31.7 Å². The van der Waals surface area contributed by atoms with Gasteiger partial charge >= 0.3 is 5.97 Å². The molecule has 0 atom stereocenters. The molecule has 0 radical (unpaired) electrons. The Hall–Kier alpha value is -3.07. The van der Waals surface area contributed by atoms with Crippen LogP contribution in [0.15, 0.2) is 35.7 Å². The van der Waals surface area contributed by atoms with E-state index in [0.717, 1.165) is 0 Å². The maximum absolute atomic E-state index is 11.9. The summed E-state index contributed by atoms with van der Waals surface area (Å²) in [6, 6.07) is 8.37. The van der Waals surface area contributed by atoms with E-state index in [2.05, 4.69) is 10.6 Å². The second-order valence-corrected chi connectivity index (χ2v) is 6.17.